The van der Waals surface area contributed by atoms with Crippen LogP contribution in [0.2, 0.25) is 0 Å². The van der Waals surface area contributed by atoms with Gasteiger partial charge in [0.15, 0.2) is 12.4 Å². The molecule has 1 aliphatic heterocycles. The predicted molar refractivity (Wildman–Crippen MR) is 107 cm³/mol. The smallest absolute Gasteiger partial charge is 0.262 e. The molecule has 152 valence electrons. The highest BCUT2D eigenvalue weighted by Crippen LogP contribution is 2.32. The van der Waals surface area contributed by atoms with E-state index in [0.29, 0.717) is 16.8 Å². The van der Waals surface area contributed by atoms with Crippen LogP contribution in [0, 0.1) is 11.6 Å². The van der Waals surface area contributed by atoms with Crippen molar-refractivity contribution < 1.29 is 23.1 Å². The number of halogens is 2. The molecule has 3 aromatic carbocycles. The van der Waals surface area contributed by atoms with Crippen LogP contribution >= 0.6 is 0 Å². The van der Waals surface area contributed by atoms with Gasteiger partial charge in [-0.1, -0.05) is 30.3 Å². The van der Waals surface area contributed by atoms with Gasteiger partial charge in [0.1, 0.15) is 11.6 Å². The van der Waals surface area contributed by atoms with Crippen LogP contribution in [0.4, 0.5) is 14.5 Å². The van der Waals surface area contributed by atoms with Crippen molar-refractivity contribution in [2.24, 2.45) is 0 Å². The number of carbonyl (C=O) groups is 2. The summed E-state index contributed by atoms with van der Waals surface area (Å²) < 4.78 is 32.9. The summed E-state index contributed by atoms with van der Waals surface area (Å²) in [5.74, 6) is -1.30. The average Bonchev–Trinajstić information content (AvgIpc) is 2.72. The third-order valence-corrected chi connectivity index (χ3v) is 4.77. The number of ether oxygens (including phenoxy) is 1. The van der Waals surface area contributed by atoms with Gasteiger partial charge in [0, 0.05) is 0 Å². The summed E-state index contributed by atoms with van der Waals surface area (Å²) in [4.78, 5) is 24.6. The van der Waals surface area contributed by atoms with Crippen LogP contribution in [0.15, 0.2) is 66.7 Å². The van der Waals surface area contributed by atoms with Crippen LogP contribution in [0.5, 0.6) is 5.75 Å². The van der Waals surface area contributed by atoms with E-state index in [1.54, 1.807) is 42.5 Å². The van der Waals surface area contributed by atoms with Crippen molar-refractivity contribution in [3.05, 3.63) is 95.1 Å². The lowest BCUT2D eigenvalue weighted by atomic mass is 9.98. The Morgan fingerprint density at radius 2 is 1.77 bits per heavy atom. The number of anilines is 1. The van der Waals surface area contributed by atoms with Gasteiger partial charge in [0.25, 0.3) is 11.8 Å². The fourth-order valence-corrected chi connectivity index (χ4v) is 3.40. The molecule has 2 amide bonds. The van der Waals surface area contributed by atoms with Crippen molar-refractivity contribution in [1.29, 1.82) is 0 Å². The first-order chi connectivity index (χ1) is 14.5. The molecule has 5 nitrogen and oxygen atoms in total. The quantitative estimate of drug-likeness (QED) is 0.670. The Labute approximate surface area is 171 Å². The van der Waals surface area contributed by atoms with Crippen LogP contribution < -0.4 is 15.4 Å². The highest BCUT2D eigenvalue weighted by atomic mass is 19.1. The number of carbonyl (C=O) groups excluding carboxylic acids is 2. The summed E-state index contributed by atoms with van der Waals surface area (Å²) in [5.41, 5.74) is 1.86. The number of rotatable bonds is 5. The van der Waals surface area contributed by atoms with Crippen LogP contribution in [0.3, 0.4) is 0 Å². The third-order valence-electron chi connectivity index (χ3n) is 4.77. The monoisotopic (exact) mass is 408 g/mol. The van der Waals surface area contributed by atoms with Crippen molar-refractivity contribution in [2.45, 2.75) is 12.5 Å². The predicted octanol–water partition coefficient (Wildman–Crippen LogP) is 4.01. The topological polar surface area (TPSA) is 67.4 Å². The number of para-hydroxylation sites is 1. The molecular formula is C23H18F2N2O3. The van der Waals surface area contributed by atoms with E-state index in [0.717, 1.165) is 0 Å². The molecule has 1 atom stereocenters. The molecule has 0 aromatic heterocycles. The highest BCUT2D eigenvalue weighted by Gasteiger charge is 2.24. The second-order valence-corrected chi connectivity index (χ2v) is 6.93. The Kier molecular flexibility index (Phi) is 5.43. The molecule has 1 aliphatic rings. The maximum atomic E-state index is 13.8. The Morgan fingerprint density at radius 3 is 2.53 bits per heavy atom. The maximum Gasteiger partial charge on any atom is 0.262 e. The number of amides is 2. The molecule has 3 aromatic rings. The normalized spacial score (nSPS) is 13.6. The van der Waals surface area contributed by atoms with E-state index >= 15 is 0 Å². The number of hydrogen-bond donors (Lipinski definition) is 2. The molecule has 30 heavy (non-hydrogen) atoms. The second-order valence-electron chi connectivity index (χ2n) is 6.93. The first-order valence-electron chi connectivity index (χ1n) is 9.36. The molecule has 0 saturated heterocycles. The molecule has 7 heteroatoms. The van der Waals surface area contributed by atoms with Gasteiger partial charge >= 0.3 is 0 Å². The Balaban J connectivity index is 1.64. The van der Waals surface area contributed by atoms with Crippen LogP contribution in [-0.2, 0) is 11.2 Å². The minimum atomic E-state index is -0.607. The molecule has 0 aliphatic carbocycles. The molecule has 0 bridgehead atoms. The van der Waals surface area contributed by atoms with Gasteiger partial charge in [-0.05, 0) is 53.9 Å². The first kappa shape index (κ1) is 19.6. The van der Waals surface area contributed by atoms with Gasteiger partial charge in [0.2, 0.25) is 0 Å². The van der Waals surface area contributed by atoms with Crippen molar-refractivity contribution in [2.75, 3.05) is 11.9 Å². The van der Waals surface area contributed by atoms with Crippen LogP contribution in [-0.4, -0.2) is 18.4 Å². The lowest BCUT2D eigenvalue weighted by molar-refractivity contribution is -0.118. The fourth-order valence-electron chi connectivity index (χ4n) is 3.40. The van der Waals surface area contributed by atoms with Gasteiger partial charge in [-0.15, -0.1) is 0 Å². The molecule has 0 saturated carbocycles. The molecule has 1 heterocycles. The van der Waals surface area contributed by atoms with E-state index in [1.165, 1.54) is 24.3 Å². The van der Waals surface area contributed by atoms with Crippen molar-refractivity contribution >= 4 is 17.5 Å². The largest absolute Gasteiger partial charge is 0.481 e. The Morgan fingerprint density at radius 1 is 1.03 bits per heavy atom. The van der Waals surface area contributed by atoms with E-state index in [9.17, 15) is 18.4 Å². The molecule has 0 spiro atoms. The summed E-state index contributed by atoms with van der Waals surface area (Å²) in [5, 5.41) is 5.54. The number of benzene rings is 3. The number of hydrogen-bond acceptors (Lipinski definition) is 3. The van der Waals surface area contributed by atoms with Gasteiger partial charge < -0.3 is 15.4 Å². The summed E-state index contributed by atoms with van der Waals surface area (Å²) in [6.07, 6.45) is 0.263. The van der Waals surface area contributed by atoms with E-state index in [1.807, 2.05) is 0 Å². The van der Waals surface area contributed by atoms with E-state index in [2.05, 4.69) is 10.6 Å². The summed E-state index contributed by atoms with van der Waals surface area (Å²) in [6.45, 7) is -0.187. The molecule has 4 rings (SSSR count). The molecule has 0 radical (unpaired) electrons. The molecule has 0 fully saturated rings. The summed E-state index contributed by atoms with van der Waals surface area (Å²) in [7, 11) is 0. The number of fused-ring (bicyclic) bond motifs is 1. The minimum absolute atomic E-state index is 0.187. The zero-order chi connectivity index (χ0) is 21.1. The average molecular weight is 408 g/mol. The number of nitrogens with one attached hydrogen (secondary N) is 2. The zero-order valence-electron chi connectivity index (χ0n) is 15.8. The standard InChI is InChI=1S/C23H18F2N2O3/c24-16-6-1-4-14(10-16)11-20(15-5-2-7-17(25)12-15)27-23(29)18-8-3-9-19-22(18)30-13-21(28)26-19/h1-10,12,20H,11,13H2,(H,26,28)(H,27,29). The van der Waals surface area contributed by atoms with Gasteiger partial charge in [0.05, 0.1) is 17.3 Å². The third kappa shape index (κ3) is 4.30. The minimum Gasteiger partial charge on any atom is -0.481 e. The highest BCUT2D eigenvalue weighted by molar-refractivity contribution is 6.03. The SMILES string of the molecule is O=C1COc2c(cccc2C(=O)NC(Cc2cccc(F)c2)c2cccc(F)c2)N1. The second kappa shape index (κ2) is 8.32. The van der Waals surface area contributed by atoms with Gasteiger partial charge in [-0.2, -0.15) is 0 Å². The maximum absolute atomic E-state index is 13.8. The Bertz CT molecular complexity index is 1120. The van der Waals surface area contributed by atoms with Gasteiger partial charge in [-0.3, -0.25) is 9.59 Å². The van der Waals surface area contributed by atoms with E-state index in [4.69, 9.17) is 4.74 Å². The van der Waals surface area contributed by atoms with Crippen molar-refractivity contribution in [3.8, 4) is 5.75 Å². The van der Waals surface area contributed by atoms with Gasteiger partial charge in [-0.25, -0.2) is 8.78 Å². The molecular weight excluding hydrogens is 390 g/mol. The van der Waals surface area contributed by atoms with Crippen molar-refractivity contribution in [1.82, 2.24) is 5.32 Å². The zero-order valence-corrected chi connectivity index (χ0v) is 15.8. The summed E-state index contributed by atoms with van der Waals surface area (Å²) in [6, 6.07) is 16.2. The van der Waals surface area contributed by atoms with Crippen LogP contribution in [0.1, 0.15) is 27.5 Å². The van der Waals surface area contributed by atoms with Crippen LogP contribution in [0.25, 0.3) is 0 Å². The fraction of sp³-hybridized carbons (Fsp3) is 0.130. The first-order valence-corrected chi connectivity index (χ1v) is 9.36. The molecule has 2 N–H and O–H groups in total. The summed E-state index contributed by atoms with van der Waals surface area (Å²) >= 11 is 0. The Hall–Kier alpha value is -3.74. The van der Waals surface area contributed by atoms with Crippen molar-refractivity contribution in [3.63, 3.8) is 0 Å². The lowest BCUT2D eigenvalue weighted by Crippen LogP contribution is -2.32. The van der Waals surface area contributed by atoms with E-state index in [-0.39, 0.29) is 30.2 Å². The molecule has 1 unspecified atom stereocenters. The van der Waals surface area contributed by atoms with E-state index < -0.39 is 23.6 Å². The lowest BCUT2D eigenvalue weighted by Gasteiger charge is -2.23.